The number of nitrogens with one attached hydrogen (secondary N) is 1. The van der Waals surface area contributed by atoms with Crippen LogP contribution in [-0.4, -0.2) is 37.2 Å². The zero-order valence-corrected chi connectivity index (χ0v) is 11.1. The van der Waals surface area contributed by atoms with E-state index < -0.39 is 0 Å². The van der Waals surface area contributed by atoms with Gasteiger partial charge in [0.05, 0.1) is 7.11 Å². The van der Waals surface area contributed by atoms with Gasteiger partial charge >= 0.3 is 5.97 Å². The Morgan fingerprint density at radius 2 is 2.12 bits per heavy atom. The van der Waals surface area contributed by atoms with E-state index >= 15 is 0 Å². The molecule has 1 rings (SSSR count). The Labute approximate surface area is 103 Å². The predicted molar refractivity (Wildman–Crippen MR) is 68.8 cm³/mol. The van der Waals surface area contributed by atoms with E-state index in [1.165, 1.54) is 39.2 Å². The molecular weight excluding hydrogens is 222 g/mol. The molecule has 1 aliphatic rings. The fraction of sp³-hybridized carbons (Fsp3) is 0.917. The van der Waals surface area contributed by atoms with Crippen LogP contribution in [0.25, 0.3) is 0 Å². The summed E-state index contributed by atoms with van der Waals surface area (Å²) in [7, 11) is 3.26. The highest BCUT2D eigenvalue weighted by Gasteiger charge is 2.18. The Morgan fingerprint density at radius 1 is 1.44 bits per heavy atom. The Bertz CT molecular complexity index is 205. The number of rotatable bonds is 6. The topological polar surface area (TPSA) is 38.3 Å². The molecule has 1 atom stereocenters. The zero-order valence-electron chi connectivity index (χ0n) is 10.3. The summed E-state index contributed by atoms with van der Waals surface area (Å²) in [6, 6.07) is -0.138. The highest BCUT2D eigenvalue weighted by atomic mass is 32.2. The zero-order chi connectivity index (χ0) is 11.8. The smallest absolute Gasteiger partial charge is 0.322 e. The monoisotopic (exact) mass is 245 g/mol. The molecule has 1 N–H and O–H groups in total. The number of ether oxygens (including phenoxy) is 1. The second-order valence-corrected chi connectivity index (χ2v) is 5.69. The van der Waals surface area contributed by atoms with Gasteiger partial charge in [0.25, 0.3) is 0 Å². The van der Waals surface area contributed by atoms with Crippen molar-refractivity contribution in [2.45, 2.75) is 49.8 Å². The highest BCUT2D eigenvalue weighted by Crippen LogP contribution is 2.28. The Kier molecular flexibility index (Phi) is 6.88. The maximum Gasteiger partial charge on any atom is 0.322 e. The Balaban J connectivity index is 2.14. The second kappa shape index (κ2) is 7.96. The highest BCUT2D eigenvalue weighted by molar-refractivity contribution is 7.99. The van der Waals surface area contributed by atoms with E-state index in [9.17, 15) is 4.79 Å². The minimum Gasteiger partial charge on any atom is -0.468 e. The number of carbonyl (C=O) groups excluding carboxylic acids is 1. The summed E-state index contributed by atoms with van der Waals surface area (Å²) in [6.07, 6.45) is 7.73. The van der Waals surface area contributed by atoms with Gasteiger partial charge in [-0.15, -0.1) is 0 Å². The van der Waals surface area contributed by atoms with Gasteiger partial charge < -0.3 is 10.1 Å². The normalized spacial score (nSPS) is 19.4. The summed E-state index contributed by atoms with van der Waals surface area (Å²) in [5, 5.41) is 3.83. The van der Waals surface area contributed by atoms with Crippen LogP contribution in [0.1, 0.15) is 38.5 Å². The average Bonchev–Trinajstić information content (AvgIpc) is 2.35. The fourth-order valence-corrected chi connectivity index (χ4v) is 3.48. The molecule has 94 valence electrons. The quantitative estimate of drug-likeness (QED) is 0.728. The van der Waals surface area contributed by atoms with Crippen LogP contribution in [0.15, 0.2) is 0 Å². The van der Waals surface area contributed by atoms with E-state index in [4.69, 9.17) is 4.74 Å². The van der Waals surface area contributed by atoms with Crippen molar-refractivity contribution in [1.29, 1.82) is 0 Å². The molecule has 0 aromatic carbocycles. The molecule has 3 nitrogen and oxygen atoms in total. The van der Waals surface area contributed by atoms with Gasteiger partial charge in [0.1, 0.15) is 6.04 Å². The average molecular weight is 245 g/mol. The molecule has 0 radical (unpaired) electrons. The van der Waals surface area contributed by atoms with Gasteiger partial charge in [-0.2, -0.15) is 11.8 Å². The van der Waals surface area contributed by atoms with Crippen LogP contribution in [0.5, 0.6) is 0 Å². The molecule has 1 aliphatic carbocycles. The minimum absolute atomic E-state index is 0.138. The number of esters is 1. The van der Waals surface area contributed by atoms with E-state index in [1.807, 2.05) is 18.8 Å². The summed E-state index contributed by atoms with van der Waals surface area (Å²) in [6.45, 7) is 0. The van der Waals surface area contributed by atoms with Gasteiger partial charge in [0.15, 0.2) is 0 Å². The Morgan fingerprint density at radius 3 is 2.69 bits per heavy atom. The van der Waals surface area contributed by atoms with Crippen LogP contribution in [0, 0.1) is 0 Å². The standard InChI is InChI=1S/C12H23NO2S/c1-13-11(12(14)15-2)8-9-16-10-6-4-3-5-7-10/h10-11,13H,3-9H2,1-2H3. The van der Waals surface area contributed by atoms with Crippen LogP contribution in [0.2, 0.25) is 0 Å². The fourth-order valence-electron chi connectivity index (χ4n) is 2.11. The first kappa shape index (κ1) is 13.8. The molecule has 1 fully saturated rings. The van der Waals surface area contributed by atoms with Gasteiger partial charge in [-0.3, -0.25) is 4.79 Å². The molecule has 1 unspecified atom stereocenters. The number of hydrogen-bond donors (Lipinski definition) is 1. The summed E-state index contributed by atoms with van der Waals surface area (Å²) in [5.41, 5.74) is 0. The lowest BCUT2D eigenvalue weighted by atomic mass is 10.0. The lowest BCUT2D eigenvalue weighted by molar-refractivity contribution is -0.143. The first-order valence-electron chi connectivity index (χ1n) is 6.14. The van der Waals surface area contributed by atoms with Crippen molar-refractivity contribution in [2.75, 3.05) is 19.9 Å². The Hall–Kier alpha value is -0.220. The van der Waals surface area contributed by atoms with E-state index in [2.05, 4.69) is 5.32 Å². The summed E-state index contributed by atoms with van der Waals surface area (Å²) in [5.74, 6) is 0.900. The van der Waals surface area contributed by atoms with Crippen molar-refractivity contribution in [2.24, 2.45) is 0 Å². The number of likely N-dealkylation sites (N-methyl/N-ethyl adjacent to an activating group) is 1. The third-order valence-electron chi connectivity index (χ3n) is 3.15. The van der Waals surface area contributed by atoms with Gasteiger partial charge in [-0.25, -0.2) is 0 Å². The molecule has 0 aliphatic heterocycles. The summed E-state index contributed by atoms with van der Waals surface area (Å²) >= 11 is 2.02. The van der Waals surface area contributed by atoms with Crippen molar-refractivity contribution in [3.05, 3.63) is 0 Å². The molecular formula is C12H23NO2S. The molecule has 1 saturated carbocycles. The third kappa shape index (κ3) is 4.74. The van der Waals surface area contributed by atoms with Gasteiger partial charge in [0, 0.05) is 5.25 Å². The van der Waals surface area contributed by atoms with Crippen LogP contribution in [0.3, 0.4) is 0 Å². The van der Waals surface area contributed by atoms with Crippen molar-refractivity contribution >= 4 is 17.7 Å². The van der Waals surface area contributed by atoms with Crippen LogP contribution >= 0.6 is 11.8 Å². The van der Waals surface area contributed by atoms with Gasteiger partial charge in [-0.1, -0.05) is 19.3 Å². The number of methoxy groups -OCH3 is 1. The molecule has 0 aromatic rings. The lowest BCUT2D eigenvalue weighted by Gasteiger charge is -2.21. The van der Waals surface area contributed by atoms with Crippen molar-refractivity contribution in [3.63, 3.8) is 0 Å². The largest absolute Gasteiger partial charge is 0.468 e. The maximum atomic E-state index is 11.3. The van der Waals surface area contributed by atoms with Gasteiger partial charge in [0.2, 0.25) is 0 Å². The van der Waals surface area contributed by atoms with Crippen LogP contribution in [0.4, 0.5) is 0 Å². The van der Waals surface area contributed by atoms with Gasteiger partial charge in [-0.05, 0) is 32.1 Å². The SMILES string of the molecule is CNC(CCSC1CCCCC1)C(=O)OC. The first-order chi connectivity index (χ1) is 7.77. The van der Waals surface area contributed by atoms with Crippen LogP contribution in [-0.2, 0) is 9.53 Å². The molecule has 0 heterocycles. The lowest BCUT2D eigenvalue weighted by Crippen LogP contribution is -2.35. The molecule has 0 spiro atoms. The maximum absolute atomic E-state index is 11.3. The predicted octanol–water partition coefficient (Wildman–Crippen LogP) is 2.20. The molecule has 4 heteroatoms. The molecule has 16 heavy (non-hydrogen) atoms. The van der Waals surface area contributed by atoms with Crippen molar-refractivity contribution in [1.82, 2.24) is 5.32 Å². The van der Waals surface area contributed by atoms with E-state index in [1.54, 1.807) is 0 Å². The molecule has 0 saturated heterocycles. The first-order valence-corrected chi connectivity index (χ1v) is 7.19. The summed E-state index contributed by atoms with van der Waals surface area (Å²) in [4.78, 5) is 11.3. The molecule has 0 bridgehead atoms. The minimum atomic E-state index is -0.147. The number of hydrogen-bond acceptors (Lipinski definition) is 4. The third-order valence-corrected chi connectivity index (χ3v) is 4.56. The molecule has 0 amide bonds. The number of thioether (sulfide) groups is 1. The number of carbonyl (C=O) groups is 1. The molecule has 0 aromatic heterocycles. The van der Waals surface area contributed by atoms with Crippen LogP contribution < -0.4 is 5.32 Å². The second-order valence-electron chi connectivity index (χ2n) is 4.28. The van der Waals surface area contributed by atoms with E-state index in [0.29, 0.717) is 0 Å². The summed E-state index contributed by atoms with van der Waals surface area (Å²) < 4.78 is 4.74. The van der Waals surface area contributed by atoms with E-state index in [-0.39, 0.29) is 12.0 Å². The van der Waals surface area contributed by atoms with Crippen molar-refractivity contribution in [3.8, 4) is 0 Å². The van der Waals surface area contributed by atoms with Crippen molar-refractivity contribution < 1.29 is 9.53 Å². The van der Waals surface area contributed by atoms with E-state index in [0.717, 1.165) is 17.4 Å².